The highest BCUT2D eigenvalue weighted by Crippen LogP contribution is 2.15. The standard InChI is InChI=1S/C17H30N4S/c1-5-15(2)21(4)13-11-19-17(18-3)20-12-14-22-16-9-7-6-8-10-16/h6-10,15H,5,11-14H2,1-4H3,(H2,18,19,20). The molecule has 124 valence electrons. The van der Waals surface area contributed by atoms with E-state index in [-0.39, 0.29) is 0 Å². The molecule has 1 aromatic rings. The van der Waals surface area contributed by atoms with Gasteiger partial charge >= 0.3 is 0 Å². The van der Waals surface area contributed by atoms with E-state index in [4.69, 9.17) is 0 Å². The van der Waals surface area contributed by atoms with Gasteiger partial charge in [0.25, 0.3) is 0 Å². The van der Waals surface area contributed by atoms with Crippen LogP contribution in [0.4, 0.5) is 0 Å². The molecule has 4 nitrogen and oxygen atoms in total. The highest BCUT2D eigenvalue weighted by atomic mass is 32.2. The van der Waals surface area contributed by atoms with E-state index in [0.29, 0.717) is 6.04 Å². The minimum atomic E-state index is 0.624. The van der Waals surface area contributed by atoms with Gasteiger partial charge in [-0.3, -0.25) is 4.99 Å². The quantitative estimate of drug-likeness (QED) is 0.317. The number of guanidine groups is 1. The first-order valence-corrected chi connectivity index (χ1v) is 8.98. The van der Waals surface area contributed by atoms with E-state index in [0.717, 1.165) is 31.3 Å². The van der Waals surface area contributed by atoms with Crippen molar-refractivity contribution in [2.24, 2.45) is 4.99 Å². The molecule has 1 rings (SSSR count). The lowest BCUT2D eigenvalue weighted by atomic mass is 10.2. The summed E-state index contributed by atoms with van der Waals surface area (Å²) in [6.45, 7) is 7.31. The topological polar surface area (TPSA) is 39.7 Å². The van der Waals surface area contributed by atoms with E-state index >= 15 is 0 Å². The van der Waals surface area contributed by atoms with Crippen LogP contribution in [0.3, 0.4) is 0 Å². The molecule has 0 saturated carbocycles. The molecule has 0 heterocycles. The first kappa shape index (κ1) is 18.8. The number of benzene rings is 1. The Kier molecular flexibility index (Phi) is 9.75. The molecule has 0 radical (unpaired) electrons. The molecule has 0 amide bonds. The number of nitrogens with one attached hydrogen (secondary N) is 2. The number of thioether (sulfide) groups is 1. The van der Waals surface area contributed by atoms with Gasteiger partial charge in [-0.2, -0.15) is 0 Å². The number of hydrogen-bond donors (Lipinski definition) is 2. The van der Waals surface area contributed by atoms with Crippen LogP contribution in [0.5, 0.6) is 0 Å². The minimum Gasteiger partial charge on any atom is -0.356 e. The fourth-order valence-corrected chi connectivity index (χ4v) is 2.75. The Morgan fingerprint density at radius 3 is 2.55 bits per heavy atom. The predicted molar refractivity (Wildman–Crippen MR) is 98.9 cm³/mol. The largest absolute Gasteiger partial charge is 0.356 e. The zero-order valence-corrected chi connectivity index (χ0v) is 15.1. The molecule has 0 aliphatic carbocycles. The van der Waals surface area contributed by atoms with Gasteiger partial charge in [-0.05, 0) is 32.5 Å². The maximum atomic E-state index is 4.26. The molecule has 0 aliphatic rings. The van der Waals surface area contributed by atoms with Crippen LogP contribution < -0.4 is 10.6 Å². The van der Waals surface area contributed by atoms with Gasteiger partial charge in [0.05, 0.1) is 0 Å². The third kappa shape index (κ3) is 7.71. The van der Waals surface area contributed by atoms with Crippen molar-refractivity contribution in [3.05, 3.63) is 30.3 Å². The molecule has 0 spiro atoms. The Morgan fingerprint density at radius 2 is 1.91 bits per heavy atom. The second-order valence-electron chi connectivity index (χ2n) is 5.33. The maximum Gasteiger partial charge on any atom is 0.191 e. The molecule has 0 bridgehead atoms. The van der Waals surface area contributed by atoms with Crippen molar-refractivity contribution < 1.29 is 0 Å². The van der Waals surface area contributed by atoms with Gasteiger partial charge in [0.2, 0.25) is 0 Å². The number of rotatable bonds is 9. The summed E-state index contributed by atoms with van der Waals surface area (Å²) in [6, 6.07) is 11.1. The molecular weight excluding hydrogens is 292 g/mol. The Balaban J connectivity index is 2.15. The molecule has 0 saturated heterocycles. The van der Waals surface area contributed by atoms with Gasteiger partial charge in [0.15, 0.2) is 5.96 Å². The van der Waals surface area contributed by atoms with Crippen molar-refractivity contribution in [3.63, 3.8) is 0 Å². The van der Waals surface area contributed by atoms with Crippen molar-refractivity contribution in [2.45, 2.75) is 31.2 Å². The zero-order chi connectivity index (χ0) is 16.2. The predicted octanol–water partition coefficient (Wildman–Crippen LogP) is 2.67. The van der Waals surface area contributed by atoms with Gasteiger partial charge < -0.3 is 15.5 Å². The van der Waals surface area contributed by atoms with Crippen molar-refractivity contribution in [2.75, 3.05) is 39.5 Å². The van der Waals surface area contributed by atoms with Crippen LogP contribution in [0.1, 0.15) is 20.3 Å². The van der Waals surface area contributed by atoms with Gasteiger partial charge in [-0.1, -0.05) is 25.1 Å². The molecule has 22 heavy (non-hydrogen) atoms. The zero-order valence-electron chi connectivity index (χ0n) is 14.3. The number of nitrogens with zero attached hydrogens (tertiary/aromatic N) is 2. The summed E-state index contributed by atoms with van der Waals surface area (Å²) >= 11 is 1.86. The lowest BCUT2D eigenvalue weighted by molar-refractivity contribution is 0.255. The van der Waals surface area contributed by atoms with E-state index in [1.165, 1.54) is 11.3 Å². The van der Waals surface area contributed by atoms with Crippen molar-refractivity contribution >= 4 is 17.7 Å². The van der Waals surface area contributed by atoms with E-state index in [9.17, 15) is 0 Å². The summed E-state index contributed by atoms with van der Waals surface area (Å²) in [6.07, 6.45) is 1.18. The van der Waals surface area contributed by atoms with Crippen molar-refractivity contribution in [1.82, 2.24) is 15.5 Å². The molecular formula is C17H30N4S. The summed E-state index contributed by atoms with van der Waals surface area (Å²) in [5, 5.41) is 6.72. The maximum absolute atomic E-state index is 4.26. The fourth-order valence-electron chi connectivity index (χ4n) is 1.96. The molecule has 0 aliphatic heterocycles. The van der Waals surface area contributed by atoms with Crippen LogP contribution >= 0.6 is 11.8 Å². The van der Waals surface area contributed by atoms with Crippen molar-refractivity contribution in [3.8, 4) is 0 Å². The van der Waals surface area contributed by atoms with Gasteiger partial charge in [0.1, 0.15) is 0 Å². The number of aliphatic imine (C=N–C) groups is 1. The Hall–Kier alpha value is -1.20. The molecule has 0 fully saturated rings. The normalized spacial score (nSPS) is 13.2. The lowest BCUT2D eigenvalue weighted by Gasteiger charge is -2.23. The monoisotopic (exact) mass is 322 g/mol. The Morgan fingerprint density at radius 1 is 1.23 bits per heavy atom. The van der Waals surface area contributed by atoms with Gasteiger partial charge in [-0.25, -0.2) is 0 Å². The smallest absolute Gasteiger partial charge is 0.191 e. The minimum absolute atomic E-state index is 0.624. The summed E-state index contributed by atoms with van der Waals surface area (Å²) in [5.74, 6) is 1.91. The van der Waals surface area contributed by atoms with Crippen LogP contribution in [0.25, 0.3) is 0 Å². The Bertz CT molecular complexity index is 422. The van der Waals surface area contributed by atoms with Crippen molar-refractivity contribution in [1.29, 1.82) is 0 Å². The van der Waals surface area contributed by atoms with E-state index in [1.807, 2.05) is 24.9 Å². The average molecular weight is 323 g/mol. The third-order valence-electron chi connectivity index (χ3n) is 3.73. The van der Waals surface area contributed by atoms with E-state index < -0.39 is 0 Å². The molecule has 1 aromatic carbocycles. The van der Waals surface area contributed by atoms with Gasteiger partial charge in [-0.15, -0.1) is 11.8 Å². The Labute approximate surface area is 139 Å². The first-order valence-electron chi connectivity index (χ1n) is 8.00. The average Bonchev–Trinajstić information content (AvgIpc) is 2.56. The second kappa shape index (κ2) is 11.4. The highest BCUT2D eigenvalue weighted by Gasteiger charge is 2.06. The first-order chi connectivity index (χ1) is 10.7. The molecule has 1 atom stereocenters. The summed E-state index contributed by atoms with van der Waals surface area (Å²) in [4.78, 5) is 7.94. The molecule has 2 N–H and O–H groups in total. The van der Waals surface area contributed by atoms with Crippen LogP contribution in [0.15, 0.2) is 40.2 Å². The van der Waals surface area contributed by atoms with Crippen LogP contribution in [0.2, 0.25) is 0 Å². The summed E-state index contributed by atoms with van der Waals surface area (Å²) in [7, 11) is 3.99. The van der Waals surface area contributed by atoms with Crippen LogP contribution in [-0.4, -0.2) is 56.4 Å². The van der Waals surface area contributed by atoms with Crippen LogP contribution in [0, 0.1) is 0 Å². The molecule has 0 aromatic heterocycles. The summed E-state index contributed by atoms with van der Waals surface area (Å²) in [5.41, 5.74) is 0. The van der Waals surface area contributed by atoms with Crippen LogP contribution in [-0.2, 0) is 0 Å². The van der Waals surface area contributed by atoms with E-state index in [1.54, 1.807) is 0 Å². The van der Waals surface area contributed by atoms with Gasteiger partial charge in [0, 0.05) is 43.4 Å². The fraction of sp³-hybridized carbons (Fsp3) is 0.588. The van der Waals surface area contributed by atoms with E-state index in [2.05, 4.69) is 65.7 Å². The number of likely N-dealkylation sites (N-methyl/N-ethyl adjacent to an activating group) is 1. The SMILES string of the molecule is CCC(C)N(C)CCNC(=NC)NCCSc1ccccc1. The molecule has 1 unspecified atom stereocenters. The third-order valence-corrected chi connectivity index (χ3v) is 4.74. The number of hydrogen-bond acceptors (Lipinski definition) is 3. The highest BCUT2D eigenvalue weighted by molar-refractivity contribution is 7.99. The summed E-state index contributed by atoms with van der Waals surface area (Å²) < 4.78 is 0. The molecule has 5 heteroatoms. The lowest BCUT2D eigenvalue weighted by Crippen LogP contribution is -2.43. The second-order valence-corrected chi connectivity index (χ2v) is 6.49.